The molecule has 0 bridgehead atoms. The van der Waals surface area contributed by atoms with Gasteiger partial charge in [0.2, 0.25) is 6.41 Å². The summed E-state index contributed by atoms with van der Waals surface area (Å²) in [4.78, 5) is 14.5. The zero-order valence-corrected chi connectivity index (χ0v) is 17.0. The van der Waals surface area contributed by atoms with Crippen molar-refractivity contribution in [2.24, 2.45) is 0 Å². The largest absolute Gasteiger partial charge is 0.379 e. The average Bonchev–Trinajstić information content (AvgIpc) is 2.52. The lowest BCUT2D eigenvalue weighted by Gasteiger charge is -2.34. The molecule has 1 amide bonds. The van der Waals surface area contributed by atoms with Crippen LogP contribution in [0.1, 0.15) is 20.8 Å². The van der Waals surface area contributed by atoms with Gasteiger partial charge in [-0.2, -0.15) is 0 Å². The number of ether oxygens (including phenoxy) is 1. The van der Waals surface area contributed by atoms with Crippen LogP contribution in [0.5, 0.6) is 0 Å². The van der Waals surface area contributed by atoms with Gasteiger partial charge in [-0.25, -0.2) is 0 Å². The molecule has 0 aliphatic carbocycles. The highest BCUT2D eigenvalue weighted by molar-refractivity contribution is 9.10. The van der Waals surface area contributed by atoms with E-state index in [1.165, 1.54) is 0 Å². The van der Waals surface area contributed by atoms with Gasteiger partial charge in [0.25, 0.3) is 0 Å². The Balaban J connectivity index is 0.000000379. The van der Waals surface area contributed by atoms with Gasteiger partial charge in [-0.15, -0.1) is 0 Å². The van der Waals surface area contributed by atoms with Crippen LogP contribution in [-0.4, -0.2) is 50.2 Å². The molecule has 0 atom stereocenters. The maximum atomic E-state index is 10.6. The SMILES string of the molecule is COC(C)(C)C.O=CN1CCN(c2cc(Cl)c(Br)c(Cl)c2)CC1. The molecule has 1 aliphatic heterocycles. The number of amides is 1. The summed E-state index contributed by atoms with van der Waals surface area (Å²) in [5, 5.41) is 1.20. The molecule has 0 unspecified atom stereocenters. The monoisotopic (exact) mass is 424 g/mol. The Morgan fingerprint density at radius 3 is 1.91 bits per heavy atom. The standard InChI is InChI=1S/C11H11BrCl2N2O.C5H12O/c12-11-9(13)5-8(6-10(11)14)16-3-1-15(7-17)2-4-16;1-5(2,3)6-4/h5-7H,1-4H2;1-4H3. The van der Waals surface area contributed by atoms with Gasteiger partial charge in [0.05, 0.1) is 20.1 Å². The smallest absolute Gasteiger partial charge is 0.209 e. The van der Waals surface area contributed by atoms with Crippen LogP contribution in [0.25, 0.3) is 0 Å². The lowest BCUT2D eigenvalue weighted by Crippen LogP contribution is -2.45. The minimum atomic E-state index is 0.0417. The molecule has 0 spiro atoms. The number of benzene rings is 1. The number of methoxy groups -OCH3 is 1. The molecule has 1 heterocycles. The lowest BCUT2D eigenvalue weighted by atomic mass is 10.2. The number of piperazine rings is 1. The predicted octanol–water partition coefficient (Wildman–Crippen LogP) is 4.47. The van der Waals surface area contributed by atoms with Crippen molar-refractivity contribution in [3.05, 3.63) is 26.7 Å². The second-order valence-corrected chi connectivity index (χ2v) is 7.78. The van der Waals surface area contributed by atoms with Gasteiger partial charge < -0.3 is 14.5 Å². The van der Waals surface area contributed by atoms with Crippen molar-refractivity contribution in [1.29, 1.82) is 0 Å². The number of carbonyl (C=O) groups is 1. The van der Waals surface area contributed by atoms with Crippen molar-refractivity contribution in [2.75, 3.05) is 38.2 Å². The topological polar surface area (TPSA) is 32.8 Å². The van der Waals surface area contributed by atoms with Crippen LogP contribution < -0.4 is 4.90 Å². The van der Waals surface area contributed by atoms with Gasteiger partial charge in [-0.05, 0) is 48.8 Å². The summed E-state index contributed by atoms with van der Waals surface area (Å²) in [5.74, 6) is 0. The first-order valence-electron chi connectivity index (χ1n) is 7.32. The van der Waals surface area contributed by atoms with Crippen molar-refractivity contribution in [3.63, 3.8) is 0 Å². The van der Waals surface area contributed by atoms with Crippen LogP contribution in [0.3, 0.4) is 0 Å². The number of nitrogens with zero attached hydrogens (tertiary/aromatic N) is 2. The molecule has 0 radical (unpaired) electrons. The summed E-state index contributed by atoms with van der Waals surface area (Å²) in [6, 6.07) is 3.77. The molecule has 1 aliphatic rings. The van der Waals surface area contributed by atoms with Gasteiger partial charge >= 0.3 is 0 Å². The summed E-state index contributed by atoms with van der Waals surface area (Å²) in [5.41, 5.74) is 1.04. The van der Waals surface area contributed by atoms with E-state index in [1.54, 1.807) is 12.0 Å². The van der Waals surface area contributed by atoms with Crippen LogP contribution in [0.2, 0.25) is 10.0 Å². The van der Waals surface area contributed by atoms with Crippen LogP contribution in [0, 0.1) is 0 Å². The molecule has 4 nitrogen and oxygen atoms in total. The number of carbonyl (C=O) groups excluding carboxylic acids is 1. The number of halogens is 3. The molecular formula is C16H23BrCl2N2O2. The highest BCUT2D eigenvalue weighted by Gasteiger charge is 2.17. The number of hydrogen-bond acceptors (Lipinski definition) is 3. The highest BCUT2D eigenvalue weighted by atomic mass is 79.9. The molecule has 2 rings (SSSR count). The summed E-state index contributed by atoms with van der Waals surface area (Å²) in [7, 11) is 1.71. The van der Waals surface area contributed by atoms with Gasteiger partial charge in [0.1, 0.15) is 0 Å². The van der Waals surface area contributed by atoms with E-state index >= 15 is 0 Å². The quantitative estimate of drug-likeness (QED) is 0.517. The second-order valence-electron chi connectivity index (χ2n) is 6.17. The van der Waals surface area contributed by atoms with Gasteiger partial charge in [0, 0.05) is 39.0 Å². The van der Waals surface area contributed by atoms with E-state index in [-0.39, 0.29) is 5.60 Å². The fourth-order valence-corrected chi connectivity index (χ4v) is 2.51. The van der Waals surface area contributed by atoms with Crippen LogP contribution in [-0.2, 0) is 9.53 Å². The summed E-state index contributed by atoms with van der Waals surface area (Å²) < 4.78 is 5.66. The van der Waals surface area contributed by atoms with Crippen LogP contribution >= 0.6 is 39.1 Å². The lowest BCUT2D eigenvalue weighted by molar-refractivity contribution is -0.118. The third kappa shape index (κ3) is 6.87. The first kappa shape index (κ1) is 20.6. The molecule has 7 heteroatoms. The number of anilines is 1. The maximum Gasteiger partial charge on any atom is 0.209 e. The first-order chi connectivity index (χ1) is 10.7. The van der Waals surface area contributed by atoms with Crippen LogP contribution in [0.15, 0.2) is 16.6 Å². The Hall–Kier alpha value is -0.490. The van der Waals surface area contributed by atoms with E-state index in [0.29, 0.717) is 10.0 Å². The van der Waals surface area contributed by atoms with E-state index < -0.39 is 0 Å². The fraction of sp³-hybridized carbons (Fsp3) is 0.562. The van der Waals surface area contributed by atoms with E-state index in [1.807, 2.05) is 32.9 Å². The van der Waals surface area contributed by atoms with Crippen LogP contribution in [0.4, 0.5) is 5.69 Å². The Morgan fingerprint density at radius 2 is 1.57 bits per heavy atom. The third-order valence-corrected chi connectivity index (χ3v) is 5.32. The summed E-state index contributed by atoms with van der Waals surface area (Å²) in [6.45, 7) is 9.12. The van der Waals surface area contributed by atoms with Gasteiger partial charge in [-0.1, -0.05) is 23.2 Å². The molecule has 1 fully saturated rings. The van der Waals surface area contributed by atoms with Crippen molar-refractivity contribution in [2.45, 2.75) is 26.4 Å². The van der Waals surface area contributed by atoms with Gasteiger partial charge in [0.15, 0.2) is 0 Å². The molecule has 0 saturated carbocycles. The number of rotatable bonds is 2. The first-order valence-corrected chi connectivity index (χ1v) is 8.87. The molecule has 130 valence electrons. The fourth-order valence-electron chi connectivity index (χ4n) is 1.81. The minimum absolute atomic E-state index is 0.0417. The molecular weight excluding hydrogens is 403 g/mol. The summed E-state index contributed by atoms with van der Waals surface area (Å²) in [6.07, 6.45) is 0.888. The van der Waals surface area contributed by atoms with E-state index in [9.17, 15) is 4.79 Å². The Labute approximate surface area is 156 Å². The van der Waals surface area contributed by atoms with Crippen molar-refractivity contribution in [3.8, 4) is 0 Å². The van der Waals surface area contributed by atoms with Crippen molar-refractivity contribution >= 4 is 51.2 Å². The molecule has 0 N–H and O–H groups in total. The molecule has 23 heavy (non-hydrogen) atoms. The third-order valence-electron chi connectivity index (χ3n) is 3.41. The molecule has 0 aromatic heterocycles. The van der Waals surface area contributed by atoms with E-state index in [0.717, 1.165) is 42.7 Å². The Bertz CT molecular complexity index is 504. The number of hydrogen-bond donors (Lipinski definition) is 0. The maximum absolute atomic E-state index is 10.6. The Kier molecular flexibility index (Phi) is 8.14. The zero-order valence-electron chi connectivity index (χ0n) is 13.9. The molecule has 1 saturated heterocycles. The second kappa shape index (κ2) is 9.11. The predicted molar refractivity (Wildman–Crippen MR) is 101 cm³/mol. The van der Waals surface area contributed by atoms with Crippen molar-refractivity contribution < 1.29 is 9.53 Å². The van der Waals surface area contributed by atoms with E-state index in [4.69, 9.17) is 27.9 Å². The van der Waals surface area contributed by atoms with Crippen molar-refractivity contribution in [1.82, 2.24) is 4.90 Å². The molecule has 1 aromatic rings. The minimum Gasteiger partial charge on any atom is -0.379 e. The zero-order chi connectivity index (χ0) is 17.6. The molecule has 1 aromatic carbocycles. The average molecular weight is 426 g/mol. The Morgan fingerprint density at radius 1 is 1.13 bits per heavy atom. The highest BCUT2D eigenvalue weighted by Crippen LogP contribution is 2.35. The van der Waals surface area contributed by atoms with Gasteiger partial charge in [-0.3, -0.25) is 4.79 Å². The summed E-state index contributed by atoms with van der Waals surface area (Å²) >= 11 is 15.5. The normalized spacial score (nSPS) is 15.1. The van der Waals surface area contributed by atoms with E-state index in [2.05, 4.69) is 20.8 Å².